The fourth-order valence-corrected chi connectivity index (χ4v) is 2.55. The Morgan fingerprint density at radius 2 is 1.88 bits per heavy atom. The van der Waals surface area contributed by atoms with E-state index in [1.165, 1.54) is 30.2 Å². The molecule has 0 aliphatic rings. The minimum absolute atomic E-state index is 0.122. The van der Waals surface area contributed by atoms with Gasteiger partial charge >= 0.3 is 5.97 Å². The Bertz CT molecular complexity index is 752. The van der Waals surface area contributed by atoms with E-state index in [0.717, 1.165) is 5.56 Å². The fraction of sp³-hybridized carbons (Fsp3) is 0.176. The van der Waals surface area contributed by atoms with E-state index in [9.17, 15) is 14.0 Å². The summed E-state index contributed by atoms with van der Waals surface area (Å²) in [6.07, 6.45) is 0. The molecule has 7 heteroatoms. The van der Waals surface area contributed by atoms with Crippen LogP contribution in [-0.2, 0) is 16.1 Å². The van der Waals surface area contributed by atoms with Crippen LogP contribution in [0.1, 0.15) is 15.9 Å². The van der Waals surface area contributed by atoms with Gasteiger partial charge < -0.3 is 9.64 Å². The molecule has 0 bridgehead atoms. The molecule has 1 amide bonds. The van der Waals surface area contributed by atoms with Crippen LogP contribution >= 0.6 is 27.5 Å². The Balaban J connectivity index is 2.30. The molecule has 0 radical (unpaired) electrons. The number of hydrogen-bond donors (Lipinski definition) is 0. The Morgan fingerprint density at radius 1 is 1.21 bits per heavy atom. The van der Waals surface area contributed by atoms with Crippen molar-refractivity contribution >= 4 is 39.4 Å². The maximum atomic E-state index is 14.0. The average Bonchev–Trinajstić information content (AvgIpc) is 2.57. The van der Waals surface area contributed by atoms with Crippen LogP contribution in [0.15, 0.2) is 46.9 Å². The smallest absolute Gasteiger partial charge is 0.325 e. The molecule has 0 unspecified atom stereocenters. The van der Waals surface area contributed by atoms with Gasteiger partial charge in [0.2, 0.25) is 0 Å². The third kappa shape index (κ3) is 4.79. The van der Waals surface area contributed by atoms with Crippen molar-refractivity contribution < 1.29 is 18.7 Å². The SMILES string of the molecule is COC(=O)CN(Cc1ccc(Cl)cc1)C(=O)c1cc(Br)ccc1F. The second-order valence-electron chi connectivity index (χ2n) is 4.99. The van der Waals surface area contributed by atoms with Crippen molar-refractivity contribution in [1.29, 1.82) is 0 Å². The number of methoxy groups -OCH3 is 1. The van der Waals surface area contributed by atoms with E-state index in [2.05, 4.69) is 20.7 Å². The van der Waals surface area contributed by atoms with Crippen molar-refractivity contribution in [1.82, 2.24) is 4.90 Å². The summed E-state index contributed by atoms with van der Waals surface area (Å²) in [5, 5.41) is 0.558. The average molecular weight is 415 g/mol. The lowest BCUT2D eigenvalue weighted by Crippen LogP contribution is -2.36. The zero-order valence-electron chi connectivity index (χ0n) is 12.8. The molecule has 2 rings (SSSR count). The first-order valence-electron chi connectivity index (χ1n) is 6.96. The molecule has 2 aromatic carbocycles. The first-order chi connectivity index (χ1) is 11.4. The van der Waals surface area contributed by atoms with Crippen LogP contribution in [-0.4, -0.2) is 30.4 Å². The van der Waals surface area contributed by atoms with Crippen molar-refractivity contribution in [3.63, 3.8) is 0 Å². The number of amides is 1. The molecule has 0 spiro atoms. The summed E-state index contributed by atoms with van der Waals surface area (Å²) in [6, 6.07) is 10.9. The summed E-state index contributed by atoms with van der Waals surface area (Å²) in [6.45, 7) is -0.166. The molecule has 4 nitrogen and oxygen atoms in total. The van der Waals surface area contributed by atoms with Gasteiger partial charge in [-0.3, -0.25) is 9.59 Å². The largest absolute Gasteiger partial charge is 0.468 e. The highest BCUT2D eigenvalue weighted by atomic mass is 79.9. The highest BCUT2D eigenvalue weighted by molar-refractivity contribution is 9.10. The normalized spacial score (nSPS) is 10.3. The number of halogens is 3. The van der Waals surface area contributed by atoms with Gasteiger partial charge in [-0.2, -0.15) is 0 Å². The molecule has 2 aromatic rings. The monoisotopic (exact) mass is 413 g/mol. The number of hydrogen-bond acceptors (Lipinski definition) is 3. The summed E-state index contributed by atoms with van der Waals surface area (Å²) < 4.78 is 19.2. The Morgan fingerprint density at radius 3 is 2.50 bits per heavy atom. The Hall–Kier alpha value is -1.92. The second kappa shape index (κ2) is 8.26. The summed E-state index contributed by atoms with van der Waals surface area (Å²) in [5.41, 5.74) is 0.634. The first kappa shape index (κ1) is 18.4. The van der Waals surface area contributed by atoms with Gasteiger partial charge in [0.15, 0.2) is 0 Å². The Labute approximate surface area is 152 Å². The van der Waals surface area contributed by atoms with Crippen molar-refractivity contribution in [2.24, 2.45) is 0 Å². The molecular weight excluding hydrogens is 401 g/mol. The molecule has 0 atom stereocenters. The van der Waals surface area contributed by atoms with Crippen LogP contribution < -0.4 is 0 Å². The standard InChI is InChI=1S/C17H14BrClFNO3/c1-24-16(22)10-21(9-11-2-5-13(19)6-3-11)17(23)14-8-12(18)4-7-15(14)20/h2-8H,9-10H2,1H3. The van der Waals surface area contributed by atoms with Gasteiger partial charge in [0.25, 0.3) is 5.91 Å². The highest BCUT2D eigenvalue weighted by Crippen LogP contribution is 2.19. The lowest BCUT2D eigenvalue weighted by molar-refractivity contribution is -0.141. The van der Waals surface area contributed by atoms with Crippen LogP contribution in [0.4, 0.5) is 4.39 Å². The molecule has 0 saturated carbocycles. The van der Waals surface area contributed by atoms with Crippen LogP contribution in [0.2, 0.25) is 5.02 Å². The quantitative estimate of drug-likeness (QED) is 0.693. The van der Waals surface area contributed by atoms with Crippen LogP contribution in [0.3, 0.4) is 0 Å². The van der Waals surface area contributed by atoms with Crippen LogP contribution in [0.25, 0.3) is 0 Å². The number of carbonyl (C=O) groups excluding carboxylic acids is 2. The fourth-order valence-electron chi connectivity index (χ4n) is 2.06. The third-order valence-corrected chi connectivity index (χ3v) is 4.03. The lowest BCUT2D eigenvalue weighted by Gasteiger charge is -2.22. The molecular formula is C17H14BrClFNO3. The minimum atomic E-state index is -0.658. The first-order valence-corrected chi connectivity index (χ1v) is 8.13. The van der Waals surface area contributed by atoms with Crippen molar-refractivity contribution in [3.05, 3.63) is 68.9 Å². The van der Waals surface area contributed by atoms with E-state index in [1.807, 2.05) is 0 Å². The van der Waals surface area contributed by atoms with E-state index >= 15 is 0 Å². The zero-order valence-corrected chi connectivity index (χ0v) is 15.1. The van der Waals surface area contributed by atoms with Gasteiger partial charge in [0.1, 0.15) is 12.4 Å². The molecule has 0 N–H and O–H groups in total. The summed E-state index contributed by atoms with van der Waals surface area (Å²) in [5.74, 6) is -1.85. The van der Waals surface area contributed by atoms with Gasteiger partial charge in [-0.25, -0.2) is 4.39 Å². The van der Waals surface area contributed by atoms with E-state index in [1.54, 1.807) is 24.3 Å². The predicted octanol–water partition coefficient (Wildman–Crippen LogP) is 4.06. The molecule has 126 valence electrons. The molecule has 0 aliphatic heterocycles. The predicted molar refractivity (Wildman–Crippen MR) is 92.3 cm³/mol. The number of ether oxygens (including phenoxy) is 1. The van der Waals surface area contributed by atoms with E-state index in [4.69, 9.17) is 11.6 Å². The highest BCUT2D eigenvalue weighted by Gasteiger charge is 2.22. The molecule has 0 fully saturated rings. The lowest BCUT2D eigenvalue weighted by atomic mass is 10.1. The van der Waals surface area contributed by atoms with E-state index < -0.39 is 17.7 Å². The number of esters is 1. The minimum Gasteiger partial charge on any atom is -0.468 e. The second-order valence-corrected chi connectivity index (χ2v) is 6.34. The summed E-state index contributed by atoms with van der Waals surface area (Å²) >= 11 is 9.05. The van der Waals surface area contributed by atoms with Gasteiger partial charge in [0, 0.05) is 16.0 Å². The Kier molecular flexibility index (Phi) is 6.34. The molecule has 0 heterocycles. The molecule has 0 aliphatic carbocycles. The van der Waals surface area contributed by atoms with Gasteiger partial charge in [-0.15, -0.1) is 0 Å². The van der Waals surface area contributed by atoms with Crippen molar-refractivity contribution in [2.45, 2.75) is 6.54 Å². The van der Waals surface area contributed by atoms with Crippen LogP contribution in [0, 0.1) is 5.82 Å². The topological polar surface area (TPSA) is 46.6 Å². The number of rotatable bonds is 5. The van der Waals surface area contributed by atoms with Gasteiger partial charge in [0.05, 0.1) is 12.7 Å². The van der Waals surface area contributed by atoms with E-state index in [-0.39, 0.29) is 18.7 Å². The maximum Gasteiger partial charge on any atom is 0.325 e. The number of carbonyl (C=O) groups is 2. The number of benzene rings is 2. The summed E-state index contributed by atoms with van der Waals surface area (Å²) in [7, 11) is 1.23. The molecule has 0 aromatic heterocycles. The zero-order chi connectivity index (χ0) is 17.7. The van der Waals surface area contributed by atoms with Gasteiger partial charge in [-0.05, 0) is 35.9 Å². The summed E-state index contributed by atoms with van der Waals surface area (Å²) in [4.78, 5) is 25.5. The third-order valence-electron chi connectivity index (χ3n) is 3.28. The van der Waals surface area contributed by atoms with Crippen molar-refractivity contribution in [3.8, 4) is 0 Å². The maximum absolute atomic E-state index is 14.0. The molecule has 24 heavy (non-hydrogen) atoms. The van der Waals surface area contributed by atoms with E-state index in [0.29, 0.717) is 9.50 Å². The molecule has 0 saturated heterocycles. The van der Waals surface area contributed by atoms with Gasteiger partial charge in [-0.1, -0.05) is 39.7 Å². The van der Waals surface area contributed by atoms with Crippen LogP contribution in [0.5, 0.6) is 0 Å². The van der Waals surface area contributed by atoms with Crippen molar-refractivity contribution in [2.75, 3.05) is 13.7 Å². The number of nitrogens with zero attached hydrogens (tertiary/aromatic N) is 1.